The quantitative estimate of drug-likeness (QED) is 0.773. The number of carboxylic acids is 1. The fraction of sp³-hybridized carbons (Fsp3) is 0.429. The maximum Gasteiger partial charge on any atom is 0.303 e. The molecule has 0 aromatic heterocycles. The van der Waals surface area contributed by atoms with Crippen molar-refractivity contribution in [1.29, 1.82) is 0 Å². The number of nitrogens with one attached hydrogen (secondary N) is 1. The van der Waals surface area contributed by atoms with Gasteiger partial charge in [-0.2, -0.15) is 0 Å². The standard InChI is InChI=1S/C14H17NO4/c1-14(2)9-7-8(11(16)5-6-12(17)18)3-4-10(9)15-13(14)19/h3-4,7,11,16H,5-6H2,1-2H3,(H,15,19)(H,17,18). The molecule has 1 atom stereocenters. The molecular formula is C14H17NO4. The Balaban J connectivity index is 2.25. The van der Waals surface area contributed by atoms with E-state index in [-0.39, 0.29) is 18.7 Å². The summed E-state index contributed by atoms with van der Waals surface area (Å²) >= 11 is 0. The van der Waals surface area contributed by atoms with Crippen LogP contribution in [0.25, 0.3) is 0 Å². The molecule has 1 unspecified atom stereocenters. The van der Waals surface area contributed by atoms with Crippen molar-refractivity contribution in [2.75, 3.05) is 5.32 Å². The third-order valence-electron chi connectivity index (χ3n) is 3.55. The Labute approximate surface area is 111 Å². The summed E-state index contributed by atoms with van der Waals surface area (Å²) in [7, 11) is 0. The number of anilines is 1. The van der Waals surface area contributed by atoms with Crippen LogP contribution in [-0.4, -0.2) is 22.1 Å². The van der Waals surface area contributed by atoms with Crippen molar-refractivity contribution in [2.45, 2.75) is 38.2 Å². The highest BCUT2D eigenvalue weighted by Gasteiger charge is 2.38. The minimum absolute atomic E-state index is 0.0697. The number of amides is 1. The van der Waals surface area contributed by atoms with E-state index in [1.165, 1.54) is 0 Å². The largest absolute Gasteiger partial charge is 0.481 e. The number of aliphatic hydroxyl groups excluding tert-OH is 1. The molecule has 1 aromatic rings. The number of carbonyl (C=O) groups excluding carboxylic acids is 1. The van der Waals surface area contributed by atoms with Crippen molar-refractivity contribution in [3.8, 4) is 0 Å². The number of carboxylic acid groups (broad SMARTS) is 1. The van der Waals surface area contributed by atoms with Gasteiger partial charge in [0, 0.05) is 12.1 Å². The molecule has 102 valence electrons. The van der Waals surface area contributed by atoms with Gasteiger partial charge in [0.15, 0.2) is 0 Å². The predicted molar refractivity (Wildman–Crippen MR) is 69.9 cm³/mol. The summed E-state index contributed by atoms with van der Waals surface area (Å²) in [4.78, 5) is 22.3. The molecule has 0 aliphatic carbocycles. The van der Waals surface area contributed by atoms with Crippen LogP contribution in [-0.2, 0) is 15.0 Å². The topological polar surface area (TPSA) is 86.6 Å². The molecule has 0 bridgehead atoms. The third kappa shape index (κ3) is 2.46. The molecule has 5 heteroatoms. The molecule has 0 fully saturated rings. The molecule has 1 heterocycles. The highest BCUT2D eigenvalue weighted by Crippen LogP contribution is 2.38. The molecule has 1 aliphatic heterocycles. The van der Waals surface area contributed by atoms with Crippen molar-refractivity contribution < 1.29 is 19.8 Å². The average Bonchev–Trinajstić information content (AvgIpc) is 2.57. The third-order valence-corrected chi connectivity index (χ3v) is 3.55. The average molecular weight is 263 g/mol. The van der Waals surface area contributed by atoms with E-state index < -0.39 is 17.5 Å². The summed E-state index contributed by atoms with van der Waals surface area (Å²) in [5.74, 6) is -1.00. The number of rotatable bonds is 4. The van der Waals surface area contributed by atoms with E-state index in [9.17, 15) is 14.7 Å². The minimum Gasteiger partial charge on any atom is -0.481 e. The fourth-order valence-electron chi connectivity index (χ4n) is 2.22. The maximum absolute atomic E-state index is 11.8. The molecule has 0 radical (unpaired) electrons. The van der Waals surface area contributed by atoms with E-state index in [4.69, 9.17) is 5.11 Å². The molecule has 1 amide bonds. The summed E-state index contributed by atoms with van der Waals surface area (Å²) in [6.07, 6.45) is -0.748. The molecule has 5 nitrogen and oxygen atoms in total. The van der Waals surface area contributed by atoms with E-state index in [0.717, 1.165) is 11.3 Å². The Morgan fingerprint density at radius 1 is 1.42 bits per heavy atom. The van der Waals surface area contributed by atoms with Gasteiger partial charge < -0.3 is 15.5 Å². The van der Waals surface area contributed by atoms with Gasteiger partial charge in [-0.05, 0) is 37.5 Å². The summed E-state index contributed by atoms with van der Waals surface area (Å²) in [5.41, 5.74) is 1.61. The van der Waals surface area contributed by atoms with Gasteiger partial charge in [0.25, 0.3) is 0 Å². The van der Waals surface area contributed by atoms with Crippen LogP contribution in [0.2, 0.25) is 0 Å². The second-order valence-corrected chi connectivity index (χ2v) is 5.33. The van der Waals surface area contributed by atoms with Crippen LogP contribution >= 0.6 is 0 Å². The van der Waals surface area contributed by atoms with Gasteiger partial charge in [-0.15, -0.1) is 0 Å². The highest BCUT2D eigenvalue weighted by molar-refractivity contribution is 6.05. The van der Waals surface area contributed by atoms with E-state index in [1.807, 2.05) is 13.8 Å². The lowest BCUT2D eigenvalue weighted by Crippen LogP contribution is -2.26. The van der Waals surface area contributed by atoms with E-state index in [2.05, 4.69) is 5.32 Å². The summed E-state index contributed by atoms with van der Waals surface area (Å²) in [5, 5.41) is 21.4. The van der Waals surface area contributed by atoms with Crippen LogP contribution in [0.15, 0.2) is 18.2 Å². The zero-order valence-electron chi connectivity index (χ0n) is 10.9. The van der Waals surface area contributed by atoms with E-state index in [1.54, 1.807) is 18.2 Å². The Bertz CT molecular complexity index is 536. The van der Waals surface area contributed by atoms with Crippen molar-refractivity contribution in [3.63, 3.8) is 0 Å². The van der Waals surface area contributed by atoms with Crippen LogP contribution < -0.4 is 5.32 Å². The summed E-state index contributed by atoms with van der Waals surface area (Å²) in [6.45, 7) is 3.64. The number of fused-ring (bicyclic) bond motifs is 1. The predicted octanol–water partition coefficient (Wildman–Crippen LogP) is 1.81. The lowest BCUT2D eigenvalue weighted by atomic mass is 9.84. The molecule has 1 aromatic carbocycles. The zero-order valence-corrected chi connectivity index (χ0v) is 10.9. The Kier molecular flexibility index (Phi) is 3.32. The molecule has 0 saturated carbocycles. The van der Waals surface area contributed by atoms with Gasteiger partial charge in [0.05, 0.1) is 11.5 Å². The van der Waals surface area contributed by atoms with Crippen molar-refractivity contribution in [3.05, 3.63) is 29.3 Å². The summed E-state index contributed by atoms with van der Waals surface area (Å²) < 4.78 is 0. The Morgan fingerprint density at radius 3 is 2.74 bits per heavy atom. The monoisotopic (exact) mass is 263 g/mol. The number of aliphatic hydroxyl groups is 1. The Morgan fingerprint density at radius 2 is 2.11 bits per heavy atom. The molecule has 0 spiro atoms. The molecule has 0 saturated heterocycles. The fourth-order valence-corrected chi connectivity index (χ4v) is 2.22. The molecule has 3 N–H and O–H groups in total. The van der Waals surface area contributed by atoms with E-state index >= 15 is 0 Å². The highest BCUT2D eigenvalue weighted by atomic mass is 16.4. The van der Waals surface area contributed by atoms with Crippen molar-refractivity contribution in [1.82, 2.24) is 0 Å². The molecular weight excluding hydrogens is 246 g/mol. The lowest BCUT2D eigenvalue weighted by Gasteiger charge is -2.17. The van der Waals surface area contributed by atoms with Crippen LogP contribution in [0.4, 0.5) is 5.69 Å². The normalized spacial score (nSPS) is 17.7. The SMILES string of the molecule is CC1(C)C(=O)Nc2ccc(C(O)CCC(=O)O)cc21. The molecule has 1 aliphatic rings. The smallest absolute Gasteiger partial charge is 0.303 e. The summed E-state index contributed by atoms with van der Waals surface area (Å²) in [6, 6.07) is 5.24. The number of hydrogen-bond acceptors (Lipinski definition) is 3. The lowest BCUT2D eigenvalue weighted by molar-refractivity contribution is -0.137. The van der Waals surface area contributed by atoms with Crippen LogP contribution in [0, 0.1) is 0 Å². The zero-order chi connectivity index (χ0) is 14.2. The van der Waals surface area contributed by atoms with Gasteiger partial charge >= 0.3 is 5.97 Å². The number of benzene rings is 1. The van der Waals surface area contributed by atoms with Gasteiger partial charge in [-0.25, -0.2) is 0 Å². The van der Waals surface area contributed by atoms with Gasteiger partial charge in [-0.3, -0.25) is 9.59 Å². The van der Waals surface area contributed by atoms with Crippen molar-refractivity contribution >= 4 is 17.6 Å². The van der Waals surface area contributed by atoms with Crippen LogP contribution in [0.5, 0.6) is 0 Å². The molecule has 2 rings (SSSR count). The number of carbonyl (C=O) groups is 2. The van der Waals surface area contributed by atoms with Crippen LogP contribution in [0.3, 0.4) is 0 Å². The van der Waals surface area contributed by atoms with Gasteiger partial charge in [0.2, 0.25) is 5.91 Å². The Hall–Kier alpha value is -1.88. The van der Waals surface area contributed by atoms with Gasteiger partial charge in [0.1, 0.15) is 0 Å². The second kappa shape index (κ2) is 4.66. The minimum atomic E-state index is -0.933. The first-order valence-electron chi connectivity index (χ1n) is 6.18. The second-order valence-electron chi connectivity index (χ2n) is 5.33. The number of aliphatic carboxylic acids is 1. The van der Waals surface area contributed by atoms with Crippen LogP contribution in [0.1, 0.15) is 43.9 Å². The number of hydrogen-bond donors (Lipinski definition) is 3. The van der Waals surface area contributed by atoms with Crippen molar-refractivity contribution in [2.24, 2.45) is 0 Å². The molecule has 19 heavy (non-hydrogen) atoms. The maximum atomic E-state index is 11.8. The van der Waals surface area contributed by atoms with E-state index in [0.29, 0.717) is 5.56 Å². The first-order valence-corrected chi connectivity index (χ1v) is 6.18. The first kappa shape index (κ1) is 13.5. The van der Waals surface area contributed by atoms with Gasteiger partial charge in [-0.1, -0.05) is 12.1 Å². The first-order chi connectivity index (χ1) is 8.82.